The smallest absolute Gasteiger partial charge is 0.161 e. The van der Waals surface area contributed by atoms with E-state index in [-0.39, 0.29) is 6.04 Å². The van der Waals surface area contributed by atoms with Gasteiger partial charge in [-0.05, 0) is 36.3 Å². The second-order valence-electron chi connectivity index (χ2n) is 4.82. The normalized spacial score (nSPS) is 12.3. The summed E-state index contributed by atoms with van der Waals surface area (Å²) in [5.74, 6) is 1.43. The molecule has 0 aliphatic rings. The highest BCUT2D eigenvalue weighted by Crippen LogP contribution is 2.29. The van der Waals surface area contributed by atoms with Crippen LogP contribution in [0.4, 0.5) is 0 Å². The van der Waals surface area contributed by atoms with Crippen LogP contribution in [-0.4, -0.2) is 13.7 Å². The lowest BCUT2D eigenvalue weighted by Crippen LogP contribution is -2.05. The topological polar surface area (TPSA) is 44.5 Å². The summed E-state index contributed by atoms with van der Waals surface area (Å²) in [5, 5.41) is 0. The number of nitrogens with two attached hydrogens (primary N) is 1. The van der Waals surface area contributed by atoms with Crippen molar-refractivity contribution in [2.75, 3.05) is 13.7 Å². The van der Waals surface area contributed by atoms with Gasteiger partial charge in [0.15, 0.2) is 11.5 Å². The standard InChI is InChI=1S/C18H21NO2/c1-14(19)16-10-11-17(18(13-16)20-2)21-12-6-9-15-7-4-3-5-8-15/h3-11,13-14H,12,19H2,1-2H3/b9-6+. The molecule has 0 aliphatic heterocycles. The van der Waals surface area contributed by atoms with Crippen LogP contribution in [0.15, 0.2) is 54.6 Å². The molecule has 2 aromatic carbocycles. The fourth-order valence-corrected chi connectivity index (χ4v) is 1.97. The van der Waals surface area contributed by atoms with Crippen LogP contribution in [-0.2, 0) is 0 Å². The molecule has 0 aromatic heterocycles. The van der Waals surface area contributed by atoms with E-state index in [0.29, 0.717) is 12.4 Å². The van der Waals surface area contributed by atoms with Crippen molar-refractivity contribution in [3.8, 4) is 11.5 Å². The first-order valence-corrected chi connectivity index (χ1v) is 6.98. The molecule has 0 fully saturated rings. The van der Waals surface area contributed by atoms with Crippen molar-refractivity contribution in [3.63, 3.8) is 0 Å². The van der Waals surface area contributed by atoms with Crippen molar-refractivity contribution in [1.82, 2.24) is 0 Å². The highest BCUT2D eigenvalue weighted by molar-refractivity contribution is 5.49. The van der Waals surface area contributed by atoms with Crippen molar-refractivity contribution in [2.45, 2.75) is 13.0 Å². The first-order valence-electron chi connectivity index (χ1n) is 6.98. The predicted molar refractivity (Wildman–Crippen MR) is 86.6 cm³/mol. The molecule has 3 heteroatoms. The maximum absolute atomic E-state index is 5.87. The van der Waals surface area contributed by atoms with Crippen molar-refractivity contribution in [2.24, 2.45) is 5.73 Å². The minimum Gasteiger partial charge on any atom is -0.493 e. The number of hydrogen-bond acceptors (Lipinski definition) is 3. The summed E-state index contributed by atoms with van der Waals surface area (Å²) in [6, 6.07) is 15.9. The highest BCUT2D eigenvalue weighted by atomic mass is 16.5. The van der Waals surface area contributed by atoms with Crippen molar-refractivity contribution < 1.29 is 9.47 Å². The van der Waals surface area contributed by atoms with E-state index in [9.17, 15) is 0 Å². The third kappa shape index (κ3) is 4.36. The van der Waals surface area contributed by atoms with E-state index in [1.54, 1.807) is 7.11 Å². The lowest BCUT2D eigenvalue weighted by molar-refractivity contribution is 0.326. The van der Waals surface area contributed by atoms with Gasteiger partial charge in [0.1, 0.15) is 6.61 Å². The quantitative estimate of drug-likeness (QED) is 0.876. The molecule has 0 bridgehead atoms. The fraction of sp³-hybridized carbons (Fsp3) is 0.222. The molecule has 0 heterocycles. The third-order valence-electron chi connectivity index (χ3n) is 3.16. The van der Waals surface area contributed by atoms with Crippen LogP contribution >= 0.6 is 0 Å². The fourth-order valence-electron chi connectivity index (χ4n) is 1.97. The molecule has 1 unspecified atom stereocenters. The van der Waals surface area contributed by atoms with E-state index in [4.69, 9.17) is 15.2 Å². The van der Waals surface area contributed by atoms with E-state index < -0.39 is 0 Å². The number of ether oxygens (including phenoxy) is 2. The van der Waals surface area contributed by atoms with Crippen LogP contribution in [0.1, 0.15) is 24.1 Å². The maximum atomic E-state index is 5.87. The van der Waals surface area contributed by atoms with E-state index in [0.717, 1.165) is 16.9 Å². The van der Waals surface area contributed by atoms with Crippen molar-refractivity contribution in [1.29, 1.82) is 0 Å². The van der Waals surface area contributed by atoms with E-state index in [1.165, 1.54) is 0 Å². The number of hydrogen-bond donors (Lipinski definition) is 1. The van der Waals surface area contributed by atoms with Gasteiger partial charge in [0.25, 0.3) is 0 Å². The van der Waals surface area contributed by atoms with Crippen LogP contribution in [0.25, 0.3) is 6.08 Å². The van der Waals surface area contributed by atoms with Gasteiger partial charge in [0, 0.05) is 6.04 Å². The van der Waals surface area contributed by atoms with Crippen LogP contribution < -0.4 is 15.2 Å². The van der Waals surface area contributed by atoms with Crippen LogP contribution in [0.2, 0.25) is 0 Å². The summed E-state index contributed by atoms with van der Waals surface area (Å²) in [6.07, 6.45) is 4.01. The zero-order chi connectivity index (χ0) is 15.1. The molecule has 3 nitrogen and oxygen atoms in total. The van der Waals surface area contributed by atoms with Crippen LogP contribution in [0.5, 0.6) is 11.5 Å². The minimum absolute atomic E-state index is 0.0223. The summed E-state index contributed by atoms with van der Waals surface area (Å²) in [4.78, 5) is 0. The Morgan fingerprint density at radius 1 is 1.10 bits per heavy atom. The maximum Gasteiger partial charge on any atom is 0.161 e. The Labute approximate surface area is 126 Å². The molecule has 110 valence electrons. The Kier molecular flexibility index (Phi) is 5.41. The molecule has 2 aromatic rings. The lowest BCUT2D eigenvalue weighted by atomic mass is 10.1. The molecule has 2 rings (SSSR count). The first kappa shape index (κ1) is 15.1. The van der Waals surface area contributed by atoms with E-state index in [2.05, 4.69) is 12.1 Å². The van der Waals surface area contributed by atoms with Gasteiger partial charge in [-0.1, -0.05) is 42.5 Å². The molecule has 0 radical (unpaired) electrons. The molecule has 0 spiro atoms. The van der Waals surface area contributed by atoms with Gasteiger partial charge in [0.05, 0.1) is 7.11 Å². The van der Waals surface area contributed by atoms with Gasteiger partial charge in [-0.2, -0.15) is 0 Å². The summed E-state index contributed by atoms with van der Waals surface area (Å²) in [5.41, 5.74) is 8.05. The molecular formula is C18H21NO2. The number of benzene rings is 2. The lowest BCUT2D eigenvalue weighted by Gasteiger charge is -2.12. The van der Waals surface area contributed by atoms with Crippen molar-refractivity contribution in [3.05, 3.63) is 65.7 Å². The Morgan fingerprint density at radius 3 is 2.52 bits per heavy atom. The molecular weight excluding hydrogens is 262 g/mol. The minimum atomic E-state index is -0.0223. The zero-order valence-corrected chi connectivity index (χ0v) is 12.5. The van der Waals surface area contributed by atoms with Gasteiger partial charge in [-0.25, -0.2) is 0 Å². The monoisotopic (exact) mass is 283 g/mol. The average molecular weight is 283 g/mol. The Hall–Kier alpha value is -2.26. The Bertz CT molecular complexity index is 591. The number of rotatable bonds is 6. The largest absolute Gasteiger partial charge is 0.493 e. The summed E-state index contributed by atoms with van der Waals surface area (Å²) < 4.78 is 11.1. The third-order valence-corrected chi connectivity index (χ3v) is 3.16. The van der Waals surface area contributed by atoms with Crippen LogP contribution in [0, 0.1) is 0 Å². The summed E-state index contributed by atoms with van der Waals surface area (Å²) >= 11 is 0. The highest BCUT2D eigenvalue weighted by Gasteiger charge is 2.07. The first-order chi connectivity index (χ1) is 10.2. The van der Waals surface area contributed by atoms with Gasteiger partial charge < -0.3 is 15.2 Å². The number of methoxy groups -OCH3 is 1. The molecule has 0 amide bonds. The summed E-state index contributed by atoms with van der Waals surface area (Å²) in [6.45, 7) is 2.43. The molecule has 0 saturated carbocycles. The second-order valence-corrected chi connectivity index (χ2v) is 4.82. The van der Waals surface area contributed by atoms with Crippen LogP contribution in [0.3, 0.4) is 0 Å². The Balaban J connectivity index is 1.98. The second kappa shape index (κ2) is 7.50. The zero-order valence-electron chi connectivity index (χ0n) is 12.5. The van der Waals surface area contributed by atoms with Gasteiger partial charge >= 0.3 is 0 Å². The Morgan fingerprint density at radius 2 is 1.86 bits per heavy atom. The van der Waals surface area contributed by atoms with Crippen molar-refractivity contribution >= 4 is 6.08 Å². The molecule has 1 atom stereocenters. The SMILES string of the molecule is COc1cc(C(C)N)ccc1OC/C=C/c1ccccc1. The van der Waals surface area contributed by atoms with E-state index >= 15 is 0 Å². The summed E-state index contributed by atoms with van der Waals surface area (Å²) in [7, 11) is 1.63. The molecule has 21 heavy (non-hydrogen) atoms. The molecule has 0 saturated heterocycles. The van der Waals surface area contributed by atoms with Gasteiger partial charge in [-0.3, -0.25) is 0 Å². The van der Waals surface area contributed by atoms with E-state index in [1.807, 2.05) is 55.5 Å². The molecule has 0 aliphatic carbocycles. The van der Waals surface area contributed by atoms with Gasteiger partial charge in [0.2, 0.25) is 0 Å². The predicted octanol–water partition coefficient (Wildman–Crippen LogP) is 3.81. The average Bonchev–Trinajstić information content (AvgIpc) is 2.52. The van der Waals surface area contributed by atoms with Gasteiger partial charge in [-0.15, -0.1) is 0 Å². The molecule has 2 N–H and O–H groups in total.